The van der Waals surface area contributed by atoms with E-state index in [0.717, 1.165) is 222 Å². The topological polar surface area (TPSA) is 299 Å². The minimum Gasteiger partial charge on any atom is -0.493 e. The number of hydrogen-bond donors (Lipinski definition) is 3. The van der Waals surface area contributed by atoms with Crippen LogP contribution >= 0.6 is 0 Å². The van der Waals surface area contributed by atoms with Crippen LogP contribution < -0.4 is 24.8 Å². The molecule has 3 aromatic carbocycles. The van der Waals surface area contributed by atoms with Gasteiger partial charge in [-0.15, -0.1) is 0 Å². The number of carbonyl (C=O) groups is 3. The highest BCUT2D eigenvalue weighted by Crippen LogP contribution is 2.45. The molecular formula is C74H100N12O14S. The van der Waals surface area contributed by atoms with Gasteiger partial charge in [0.2, 0.25) is 22.7 Å². The Balaban J connectivity index is 0.000000127. The lowest BCUT2D eigenvalue weighted by atomic mass is 9.91. The molecule has 101 heavy (non-hydrogen) atoms. The zero-order chi connectivity index (χ0) is 70.4. The third-order valence-corrected chi connectivity index (χ3v) is 22.0. The van der Waals surface area contributed by atoms with Crippen molar-refractivity contribution in [2.75, 3.05) is 120 Å². The Labute approximate surface area is 590 Å². The number of carbonyl (C=O) groups excluding carboxylic acids is 2. The van der Waals surface area contributed by atoms with Crippen LogP contribution in [0.5, 0.6) is 17.2 Å². The lowest BCUT2D eigenvalue weighted by Crippen LogP contribution is -2.42. The summed E-state index contributed by atoms with van der Waals surface area (Å²) in [5, 5.41) is 32.0. The van der Waals surface area contributed by atoms with Crippen molar-refractivity contribution in [1.29, 1.82) is 0 Å². The fourth-order valence-electron chi connectivity index (χ4n) is 15.5. The molecule has 546 valence electrons. The highest BCUT2D eigenvalue weighted by atomic mass is 32.2. The molecule has 8 aliphatic rings. The first-order valence-electron chi connectivity index (χ1n) is 36.1. The van der Waals surface area contributed by atoms with E-state index in [9.17, 15) is 22.8 Å². The second kappa shape index (κ2) is 34.3. The Hall–Kier alpha value is -7.95. The maximum Gasteiger partial charge on any atom is 0.309 e. The third kappa shape index (κ3) is 19.2. The summed E-state index contributed by atoms with van der Waals surface area (Å²) in [7, 11) is 2.88. The number of aromatic nitrogens is 7. The molecule has 8 atom stereocenters. The molecule has 3 saturated carbocycles. The number of carboxylic acid groups (broad SMARTS) is 1. The standard InChI is InChI=1S/C27H35N5O3.C18H22N2O4.C13H16N2O2.C9H15N3.C7H12O5S/c1-34-24-6-2-5-22-25(29-35-26(22)24)20-7-11-30(12-8-20)17-21-14-23(21)27(33)32-10-3-4-19(16-32)15-31-13-9-28-18-31;1-23-15-4-2-3-13-16(19-24-17(13)15)11-5-7-20(8-6-11)10-12-9-14(12)18(21)22;1-16-11-4-2-3-10-12(15-17-13(10)11)9-5-7-14-8-6-9;1-2-9(6-10-3-1)7-12-5-4-11-8-12;1-11-7(8)6-3-5(6)4-12-13(2,9)10/h2,5-6,9,13,18-21,23H,3-4,7-8,10-12,14-17H2,1H3;2-4,11-12,14H,5-10H2,1H3,(H,21,22);2-4,9,14H,5-8H2,1H3;4-5,8-10H,1-3,6-7H2;5-6H,3-4H2,1-2H3/t19-,21-,23+;12-,14+;;9-;5-,6?/m00.10/s1. The second-order valence-electron chi connectivity index (χ2n) is 28.6. The summed E-state index contributed by atoms with van der Waals surface area (Å²) in [6, 6.07) is 17.8. The van der Waals surface area contributed by atoms with Gasteiger partial charge < -0.3 is 72.1 Å². The number of esters is 1. The highest BCUT2D eigenvalue weighted by Gasteiger charge is 2.48. The molecule has 0 bridgehead atoms. The minimum atomic E-state index is -3.39. The van der Waals surface area contributed by atoms with E-state index >= 15 is 0 Å². The Morgan fingerprint density at radius 3 is 1.48 bits per heavy atom. The number of methoxy groups -OCH3 is 4. The highest BCUT2D eigenvalue weighted by molar-refractivity contribution is 7.86. The van der Waals surface area contributed by atoms with Crippen molar-refractivity contribution in [2.45, 2.75) is 114 Å². The van der Waals surface area contributed by atoms with Gasteiger partial charge in [-0.2, -0.15) is 8.42 Å². The van der Waals surface area contributed by atoms with E-state index in [1.807, 2.05) is 79.9 Å². The third-order valence-electron chi connectivity index (χ3n) is 21.5. The number of para-hydroxylation sites is 3. The number of amides is 1. The molecule has 3 N–H and O–H groups in total. The van der Waals surface area contributed by atoms with E-state index in [4.69, 9.17) is 32.9 Å². The Bertz CT molecular complexity index is 4060. The van der Waals surface area contributed by atoms with Crippen molar-refractivity contribution in [1.82, 2.24) is 59.9 Å². The predicted octanol–water partition coefficient (Wildman–Crippen LogP) is 9.48. The van der Waals surface area contributed by atoms with Gasteiger partial charge in [0.25, 0.3) is 10.1 Å². The zero-order valence-electron chi connectivity index (χ0n) is 58.9. The maximum atomic E-state index is 13.2. The quantitative estimate of drug-likeness (QED) is 0.0472. The Morgan fingerprint density at radius 2 is 1.03 bits per heavy atom. The number of rotatable bonds is 20. The van der Waals surface area contributed by atoms with Crippen molar-refractivity contribution in [3.63, 3.8) is 0 Å². The number of nitrogens with one attached hydrogen (secondary N) is 2. The van der Waals surface area contributed by atoms with Crippen LogP contribution in [0.2, 0.25) is 0 Å². The predicted molar refractivity (Wildman–Crippen MR) is 378 cm³/mol. The number of aliphatic carboxylic acids is 1. The number of ether oxygens (including phenoxy) is 4. The van der Waals surface area contributed by atoms with Gasteiger partial charge in [-0.3, -0.25) is 18.6 Å². The van der Waals surface area contributed by atoms with Gasteiger partial charge in [-0.05, 0) is 202 Å². The van der Waals surface area contributed by atoms with Crippen LogP contribution in [0.1, 0.15) is 118 Å². The van der Waals surface area contributed by atoms with E-state index in [1.54, 1.807) is 21.3 Å². The molecule has 5 aliphatic heterocycles. The molecule has 10 heterocycles. The monoisotopic (exact) mass is 1410 g/mol. The van der Waals surface area contributed by atoms with Crippen LogP contribution in [0, 0.1) is 47.3 Å². The molecule has 0 spiro atoms. The molecule has 0 radical (unpaired) electrons. The molecule has 16 rings (SSSR count). The number of carboxylic acids is 1. The Kier molecular flexibility index (Phi) is 24.8. The van der Waals surface area contributed by atoms with Crippen LogP contribution in [-0.2, 0) is 46.5 Å². The smallest absolute Gasteiger partial charge is 0.309 e. The van der Waals surface area contributed by atoms with Crippen molar-refractivity contribution < 1.29 is 64.6 Å². The number of imidazole rings is 2. The summed E-state index contributed by atoms with van der Waals surface area (Å²) in [6.45, 7) is 14.5. The number of piperidine rings is 5. The van der Waals surface area contributed by atoms with Crippen LogP contribution in [-0.4, -0.2) is 200 Å². The van der Waals surface area contributed by atoms with Crippen molar-refractivity contribution >= 4 is 60.9 Å². The second-order valence-corrected chi connectivity index (χ2v) is 30.2. The largest absolute Gasteiger partial charge is 0.493 e. The molecule has 5 saturated heterocycles. The number of nitrogens with zero attached hydrogens (tertiary/aromatic N) is 10. The lowest BCUT2D eigenvalue weighted by molar-refractivity contribution is -0.142. The van der Waals surface area contributed by atoms with Gasteiger partial charge in [0.05, 0.1) is 82.9 Å². The van der Waals surface area contributed by atoms with Gasteiger partial charge in [0, 0.05) is 104 Å². The number of hydrogen-bond acceptors (Lipinski definition) is 22. The molecule has 1 amide bonds. The van der Waals surface area contributed by atoms with E-state index < -0.39 is 16.1 Å². The normalized spacial score (nSPS) is 24.1. The van der Waals surface area contributed by atoms with Crippen LogP contribution in [0.25, 0.3) is 32.9 Å². The van der Waals surface area contributed by atoms with E-state index in [-0.39, 0.29) is 36.2 Å². The molecular weight excluding hydrogens is 1310 g/mol. The van der Waals surface area contributed by atoms with Gasteiger partial charge in [0.1, 0.15) is 0 Å². The van der Waals surface area contributed by atoms with Crippen molar-refractivity contribution in [2.24, 2.45) is 47.3 Å². The van der Waals surface area contributed by atoms with E-state index in [1.165, 1.54) is 32.9 Å². The first-order valence-corrected chi connectivity index (χ1v) is 37.9. The summed E-state index contributed by atoms with van der Waals surface area (Å²) in [6.07, 6.45) is 26.5. The van der Waals surface area contributed by atoms with Gasteiger partial charge in [0.15, 0.2) is 17.2 Å². The number of likely N-dealkylation sites (tertiary alicyclic amines) is 3. The first kappa shape index (κ1) is 72.8. The fraction of sp³-hybridized carbons (Fsp3) is 0.595. The SMILES string of the molecule is COC(=O)C1C[C@H]1COS(C)(=O)=O.COc1cccc2c(C3CCN(C[C@@H]4C[C@H]4C(=O)N4CCC[C@@H](Cn5ccnc5)C4)CC3)noc12.COc1cccc2c(C3CCN(C[C@@H]4C[C@H]4C(=O)O)CC3)noc12.COc1cccc2c(C3CCNCC3)noc12.c1cn(C[C@@H]2CCCNC2)cn1. The summed E-state index contributed by atoms with van der Waals surface area (Å²) in [4.78, 5) is 50.3. The summed E-state index contributed by atoms with van der Waals surface area (Å²) in [5.41, 5.74) is 5.41. The average molecular weight is 1410 g/mol. The molecule has 5 aromatic heterocycles. The minimum absolute atomic E-state index is 0.00201. The summed E-state index contributed by atoms with van der Waals surface area (Å²) < 4.78 is 67.1. The van der Waals surface area contributed by atoms with Crippen LogP contribution in [0.15, 0.2) is 106 Å². The molecule has 8 aromatic rings. The summed E-state index contributed by atoms with van der Waals surface area (Å²) in [5.74, 6) is 5.13. The van der Waals surface area contributed by atoms with Crippen LogP contribution in [0.4, 0.5) is 0 Å². The number of benzene rings is 3. The van der Waals surface area contributed by atoms with Gasteiger partial charge in [-0.1, -0.05) is 33.7 Å². The Morgan fingerprint density at radius 1 is 0.554 bits per heavy atom. The maximum absolute atomic E-state index is 13.2. The van der Waals surface area contributed by atoms with Crippen molar-refractivity contribution in [3.05, 3.63) is 109 Å². The van der Waals surface area contributed by atoms with E-state index in [2.05, 4.69) is 81.0 Å². The number of fused-ring (bicyclic) bond motifs is 3. The molecule has 27 heteroatoms. The van der Waals surface area contributed by atoms with Gasteiger partial charge >= 0.3 is 11.9 Å². The average Bonchev–Trinajstić information content (AvgIpc) is 1.68. The lowest BCUT2D eigenvalue weighted by Gasteiger charge is -2.33. The van der Waals surface area contributed by atoms with Crippen molar-refractivity contribution in [3.8, 4) is 17.2 Å². The fourth-order valence-corrected chi connectivity index (χ4v) is 15.9. The van der Waals surface area contributed by atoms with E-state index in [0.29, 0.717) is 47.8 Å². The zero-order valence-corrected chi connectivity index (χ0v) is 59.8. The molecule has 1 unspecified atom stereocenters. The molecule has 26 nitrogen and oxygen atoms in total. The van der Waals surface area contributed by atoms with Gasteiger partial charge in [-0.25, -0.2) is 9.97 Å². The molecule has 8 fully saturated rings. The summed E-state index contributed by atoms with van der Waals surface area (Å²) >= 11 is 0. The molecule has 3 aliphatic carbocycles. The first-order chi connectivity index (χ1) is 49.1. The van der Waals surface area contributed by atoms with Crippen LogP contribution in [0.3, 0.4) is 0 Å².